The lowest BCUT2D eigenvalue weighted by Crippen LogP contribution is -2.25. The molecule has 0 aliphatic carbocycles. The van der Waals surface area contributed by atoms with Gasteiger partial charge >= 0.3 is 5.97 Å². The summed E-state index contributed by atoms with van der Waals surface area (Å²) in [6.45, 7) is 5.98. The molecule has 1 atom stereocenters. The lowest BCUT2D eigenvalue weighted by molar-refractivity contribution is -0.134. The highest BCUT2D eigenvalue weighted by atomic mass is 35.5. The van der Waals surface area contributed by atoms with Crippen molar-refractivity contribution in [3.63, 3.8) is 0 Å². The number of hydrogen-bond acceptors (Lipinski definition) is 5. The van der Waals surface area contributed by atoms with E-state index in [2.05, 4.69) is 16.9 Å². The molecule has 27 heavy (non-hydrogen) atoms. The van der Waals surface area contributed by atoms with Crippen molar-refractivity contribution in [2.75, 3.05) is 5.75 Å². The highest BCUT2D eigenvalue weighted by molar-refractivity contribution is 7.99. The van der Waals surface area contributed by atoms with E-state index in [4.69, 9.17) is 16.3 Å². The average molecular weight is 407 g/mol. The molecule has 2 aromatic rings. The molecular formula is C21H27ClN2O2S. The Labute approximate surface area is 171 Å². The molecule has 1 aromatic carbocycles. The van der Waals surface area contributed by atoms with Crippen LogP contribution in [0.2, 0.25) is 0 Å². The van der Waals surface area contributed by atoms with E-state index in [0.29, 0.717) is 5.75 Å². The summed E-state index contributed by atoms with van der Waals surface area (Å²) in [5, 5.41) is 0.160. The minimum Gasteiger partial charge on any atom is -0.425 e. The molecule has 0 saturated carbocycles. The third-order valence-electron chi connectivity index (χ3n) is 4.07. The van der Waals surface area contributed by atoms with E-state index in [1.54, 1.807) is 23.9 Å². The summed E-state index contributed by atoms with van der Waals surface area (Å²) in [5.74, 6) is 1.13. The summed E-state index contributed by atoms with van der Waals surface area (Å²) in [6.07, 6.45) is 8.66. The first-order valence-electron chi connectivity index (χ1n) is 9.42. The van der Waals surface area contributed by atoms with Crippen molar-refractivity contribution in [1.82, 2.24) is 9.97 Å². The quantitative estimate of drug-likeness (QED) is 0.121. The zero-order valence-electron chi connectivity index (χ0n) is 16.2. The van der Waals surface area contributed by atoms with Crippen molar-refractivity contribution in [2.24, 2.45) is 5.92 Å². The maximum Gasteiger partial charge on any atom is 0.329 e. The van der Waals surface area contributed by atoms with Crippen LogP contribution in [0.15, 0.2) is 41.8 Å². The Balaban J connectivity index is 1.90. The number of carbonyl (C=O) groups excluding carboxylic acids is 1. The van der Waals surface area contributed by atoms with Crippen LogP contribution in [0.4, 0.5) is 0 Å². The number of halogens is 1. The van der Waals surface area contributed by atoms with E-state index in [1.807, 2.05) is 38.4 Å². The molecule has 0 amide bonds. The molecule has 2 rings (SSSR count). The number of nitrogens with zero attached hydrogens (tertiary/aromatic N) is 2. The third kappa shape index (κ3) is 7.15. The number of carbonyl (C=O) groups is 1. The fourth-order valence-electron chi connectivity index (χ4n) is 2.39. The Hall–Kier alpha value is -1.59. The monoisotopic (exact) mass is 406 g/mol. The zero-order chi connectivity index (χ0) is 19.6. The first-order valence-corrected chi connectivity index (χ1v) is 10.8. The number of rotatable bonds is 10. The fraction of sp³-hybridized carbons (Fsp3) is 0.476. The molecule has 146 valence electrons. The smallest absolute Gasteiger partial charge is 0.329 e. The van der Waals surface area contributed by atoms with Gasteiger partial charge in [0.1, 0.15) is 11.1 Å². The molecule has 0 aliphatic heterocycles. The van der Waals surface area contributed by atoms with E-state index in [0.717, 1.165) is 22.0 Å². The maximum absolute atomic E-state index is 11.9. The predicted molar refractivity (Wildman–Crippen MR) is 112 cm³/mol. The van der Waals surface area contributed by atoms with Gasteiger partial charge in [-0.2, -0.15) is 0 Å². The summed E-state index contributed by atoms with van der Waals surface area (Å²) in [6, 6.07) is 7.29. The molecule has 0 saturated heterocycles. The summed E-state index contributed by atoms with van der Waals surface area (Å²) in [5.41, 5.74) is 1.90. The molecule has 0 bridgehead atoms. The third-order valence-corrected chi connectivity index (χ3v) is 5.72. The average Bonchev–Trinajstić information content (AvgIpc) is 2.68. The van der Waals surface area contributed by atoms with Crippen LogP contribution in [0.25, 0.3) is 11.1 Å². The van der Waals surface area contributed by atoms with E-state index in [-0.39, 0.29) is 5.92 Å². The van der Waals surface area contributed by atoms with Gasteiger partial charge in [0, 0.05) is 23.7 Å². The minimum absolute atomic E-state index is 0.0265. The molecule has 1 aromatic heterocycles. The molecule has 4 nitrogen and oxygen atoms in total. The summed E-state index contributed by atoms with van der Waals surface area (Å²) in [4.78, 5) is 20.8. The predicted octanol–water partition coefficient (Wildman–Crippen LogP) is 5.98. The number of aromatic nitrogens is 2. The maximum atomic E-state index is 11.9. The highest BCUT2D eigenvalue weighted by Gasteiger charge is 2.21. The van der Waals surface area contributed by atoms with Crippen LogP contribution in [-0.4, -0.2) is 27.1 Å². The Morgan fingerprint density at radius 2 is 1.74 bits per heavy atom. The Kier molecular flexibility index (Phi) is 9.08. The number of esters is 1. The van der Waals surface area contributed by atoms with Crippen LogP contribution in [0.5, 0.6) is 5.75 Å². The van der Waals surface area contributed by atoms with Gasteiger partial charge in [-0.25, -0.2) is 9.97 Å². The number of alkyl halides is 1. The Morgan fingerprint density at radius 3 is 2.33 bits per heavy atom. The Bertz CT molecular complexity index is 705. The van der Waals surface area contributed by atoms with Crippen LogP contribution < -0.4 is 4.74 Å². The minimum atomic E-state index is -0.648. The van der Waals surface area contributed by atoms with Gasteiger partial charge in [-0.1, -0.05) is 63.9 Å². The molecule has 1 heterocycles. The second-order valence-electron chi connectivity index (χ2n) is 6.75. The van der Waals surface area contributed by atoms with Gasteiger partial charge in [-0.05, 0) is 30.0 Å². The summed E-state index contributed by atoms with van der Waals surface area (Å²) < 4.78 is 5.31. The van der Waals surface area contributed by atoms with Crippen molar-refractivity contribution >= 4 is 29.3 Å². The van der Waals surface area contributed by atoms with Crippen molar-refractivity contribution in [3.05, 3.63) is 36.7 Å². The summed E-state index contributed by atoms with van der Waals surface area (Å²) >= 11 is 7.72. The van der Waals surface area contributed by atoms with E-state index in [1.165, 1.54) is 25.7 Å². The highest BCUT2D eigenvalue weighted by Crippen LogP contribution is 2.24. The van der Waals surface area contributed by atoms with Crippen molar-refractivity contribution in [2.45, 2.75) is 57.0 Å². The molecule has 0 aliphatic rings. The molecule has 0 radical (unpaired) electrons. The van der Waals surface area contributed by atoms with Gasteiger partial charge in [-0.3, -0.25) is 4.79 Å². The lowest BCUT2D eigenvalue weighted by Gasteiger charge is -2.12. The molecular weight excluding hydrogens is 380 g/mol. The van der Waals surface area contributed by atoms with E-state index >= 15 is 0 Å². The second-order valence-corrected chi connectivity index (χ2v) is 8.29. The van der Waals surface area contributed by atoms with Crippen LogP contribution in [0, 0.1) is 5.92 Å². The number of thioether (sulfide) groups is 1. The number of ether oxygens (including phenoxy) is 1. The van der Waals surface area contributed by atoms with Crippen molar-refractivity contribution in [3.8, 4) is 16.9 Å². The standard InChI is InChI=1S/C21H27ClN2O2S/c1-4-5-6-7-12-27-21-23-13-17(14-24-21)16-8-10-18(11-9-16)26-20(25)19(22)15(2)3/h8-11,13-15,19H,4-7,12H2,1-3H3. The van der Waals surface area contributed by atoms with Gasteiger partial charge in [0.2, 0.25) is 0 Å². The topological polar surface area (TPSA) is 52.1 Å². The van der Waals surface area contributed by atoms with Crippen molar-refractivity contribution in [1.29, 1.82) is 0 Å². The van der Waals surface area contributed by atoms with Crippen LogP contribution in [0.3, 0.4) is 0 Å². The molecule has 0 fully saturated rings. The van der Waals surface area contributed by atoms with Crippen LogP contribution in [-0.2, 0) is 4.79 Å². The SMILES string of the molecule is CCCCCCSc1ncc(-c2ccc(OC(=O)C(Cl)C(C)C)cc2)cn1. The zero-order valence-corrected chi connectivity index (χ0v) is 17.7. The van der Waals surface area contributed by atoms with Crippen LogP contribution in [0.1, 0.15) is 46.5 Å². The van der Waals surface area contributed by atoms with Gasteiger partial charge in [0.05, 0.1) is 0 Å². The molecule has 6 heteroatoms. The first-order chi connectivity index (χ1) is 13.0. The fourth-order valence-corrected chi connectivity index (χ4v) is 3.22. The van der Waals surface area contributed by atoms with Gasteiger partial charge in [0.25, 0.3) is 0 Å². The normalized spacial score (nSPS) is 12.2. The van der Waals surface area contributed by atoms with E-state index < -0.39 is 11.3 Å². The molecule has 1 unspecified atom stereocenters. The van der Waals surface area contributed by atoms with Gasteiger partial charge in [-0.15, -0.1) is 11.6 Å². The molecule has 0 N–H and O–H groups in total. The summed E-state index contributed by atoms with van der Waals surface area (Å²) in [7, 11) is 0. The lowest BCUT2D eigenvalue weighted by atomic mass is 10.1. The number of hydrogen-bond donors (Lipinski definition) is 0. The van der Waals surface area contributed by atoms with Crippen LogP contribution >= 0.6 is 23.4 Å². The van der Waals surface area contributed by atoms with E-state index in [9.17, 15) is 4.79 Å². The number of unbranched alkanes of at least 4 members (excludes halogenated alkanes) is 3. The largest absolute Gasteiger partial charge is 0.425 e. The van der Waals surface area contributed by atoms with Gasteiger partial charge < -0.3 is 4.74 Å². The number of benzene rings is 1. The second kappa shape index (κ2) is 11.3. The molecule has 0 spiro atoms. The first kappa shape index (κ1) is 21.7. The Morgan fingerprint density at radius 1 is 1.07 bits per heavy atom. The van der Waals surface area contributed by atoms with Gasteiger partial charge in [0.15, 0.2) is 5.16 Å². The van der Waals surface area contributed by atoms with Crippen molar-refractivity contribution < 1.29 is 9.53 Å².